The lowest BCUT2D eigenvalue weighted by atomic mass is 9.80. The molecule has 0 aliphatic heterocycles. The van der Waals surface area contributed by atoms with Crippen LogP contribution < -0.4 is 0 Å². The molecule has 0 bridgehead atoms. The summed E-state index contributed by atoms with van der Waals surface area (Å²) in [6.07, 6.45) is 0.844. The van der Waals surface area contributed by atoms with Crippen molar-refractivity contribution in [1.29, 1.82) is 0 Å². The van der Waals surface area contributed by atoms with Gasteiger partial charge in [0.15, 0.2) is 0 Å². The molecule has 0 atom stereocenters. The third-order valence-electron chi connectivity index (χ3n) is 13.0. The molecular formula is C59H45N. The summed E-state index contributed by atoms with van der Waals surface area (Å²) in [5.41, 5.74) is 22.9. The molecule has 60 heavy (non-hydrogen) atoms. The van der Waals surface area contributed by atoms with Crippen molar-refractivity contribution < 1.29 is 0 Å². The van der Waals surface area contributed by atoms with Gasteiger partial charge in [-0.25, -0.2) is 0 Å². The van der Waals surface area contributed by atoms with Gasteiger partial charge in [0.25, 0.3) is 0 Å². The van der Waals surface area contributed by atoms with Crippen molar-refractivity contribution >= 4 is 21.8 Å². The Labute approximate surface area is 352 Å². The SMILES string of the molecule is Cc1ccc(-c2ccc3c(c2)c2ccccc2n3-c2cccc(-c3ccccc3)c2)cc1-c1cc2c(cc1Cc1cccc(-c3ccccc3)c1)C(C)(C)c1ccccc1-2. The van der Waals surface area contributed by atoms with Gasteiger partial charge in [0.2, 0.25) is 0 Å². The Balaban J connectivity index is 1.05. The van der Waals surface area contributed by atoms with E-state index in [0.717, 1.165) is 12.1 Å². The van der Waals surface area contributed by atoms with Crippen LogP contribution in [0.2, 0.25) is 0 Å². The van der Waals surface area contributed by atoms with Gasteiger partial charge in [0.05, 0.1) is 11.0 Å². The first-order valence-corrected chi connectivity index (χ1v) is 21.1. The number of fused-ring (bicyclic) bond motifs is 6. The zero-order valence-corrected chi connectivity index (χ0v) is 34.3. The monoisotopic (exact) mass is 767 g/mol. The van der Waals surface area contributed by atoms with E-state index in [1.807, 2.05) is 0 Å². The Kier molecular flexibility index (Phi) is 8.53. The van der Waals surface area contributed by atoms with Crippen LogP contribution >= 0.6 is 0 Å². The predicted molar refractivity (Wildman–Crippen MR) is 254 cm³/mol. The van der Waals surface area contributed by atoms with Crippen LogP contribution in [0.3, 0.4) is 0 Å². The van der Waals surface area contributed by atoms with E-state index in [4.69, 9.17) is 0 Å². The molecule has 1 nitrogen and oxygen atoms in total. The van der Waals surface area contributed by atoms with Crippen molar-refractivity contribution in [2.45, 2.75) is 32.6 Å². The Morgan fingerprint density at radius 2 is 1.00 bits per heavy atom. The number of aromatic nitrogens is 1. The van der Waals surface area contributed by atoms with E-state index in [2.05, 4.69) is 232 Å². The minimum atomic E-state index is -0.0839. The van der Waals surface area contributed by atoms with Crippen molar-refractivity contribution in [2.75, 3.05) is 0 Å². The van der Waals surface area contributed by atoms with Crippen LogP contribution in [-0.4, -0.2) is 4.57 Å². The molecule has 0 unspecified atom stereocenters. The highest BCUT2D eigenvalue weighted by atomic mass is 15.0. The van der Waals surface area contributed by atoms with Gasteiger partial charge < -0.3 is 4.57 Å². The number of aryl methyl sites for hydroxylation is 1. The molecule has 0 spiro atoms. The largest absolute Gasteiger partial charge is 0.309 e. The first-order chi connectivity index (χ1) is 29.4. The molecule has 10 aromatic rings. The summed E-state index contributed by atoms with van der Waals surface area (Å²) in [4.78, 5) is 0. The van der Waals surface area contributed by atoms with Crippen LogP contribution in [0, 0.1) is 6.92 Å². The van der Waals surface area contributed by atoms with Crippen LogP contribution in [0.15, 0.2) is 206 Å². The summed E-state index contributed by atoms with van der Waals surface area (Å²) in [6, 6.07) is 76.4. The third kappa shape index (κ3) is 6.00. The lowest BCUT2D eigenvalue weighted by Crippen LogP contribution is -2.15. The van der Waals surface area contributed by atoms with Gasteiger partial charge in [-0.05, 0) is 139 Å². The number of hydrogen-bond acceptors (Lipinski definition) is 0. The highest BCUT2D eigenvalue weighted by molar-refractivity contribution is 6.10. The van der Waals surface area contributed by atoms with Crippen molar-refractivity contribution in [3.8, 4) is 61.3 Å². The maximum absolute atomic E-state index is 2.53. The van der Waals surface area contributed by atoms with Gasteiger partial charge in [-0.2, -0.15) is 0 Å². The predicted octanol–water partition coefficient (Wildman–Crippen LogP) is 15.7. The third-order valence-corrected chi connectivity index (χ3v) is 13.0. The van der Waals surface area contributed by atoms with E-state index < -0.39 is 0 Å². The zero-order chi connectivity index (χ0) is 40.4. The summed E-state index contributed by atoms with van der Waals surface area (Å²) >= 11 is 0. The topological polar surface area (TPSA) is 4.93 Å². The van der Waals surface area contributed by atoms with Crippen LogP contribution in [0.4, 0.5) is 0 Å². The van der Waals surface area contributed by atoms with E-state index in [1.165, 1.54) is 105 Å². The van der Waals surface area contributed by atoms with E-state index in [0.29, 0.717) is 0 Å². The molecule has 286 valence electrons. The molecule has 0 amide bonds. The molecule has 1 aliphatic carbocycles. The number of benzene rings is 9. The lowest BCUT2D eigenvalue weighted by Gasteiger charge is -2.23. The second kappa shape index (κ2) is 14.3. The summed E-state index contributed by atoms with van der Waals surface area (Å²) in [7, 11) is 0. The number of hydrogen-bond donors (Lipinski definition) is 0. The maximum atomic E-state index is 2.53. The van der Waals surface area contributed by atoms with Crippen molar-refractivity contribution in [1.82, 2.24) is 4.57 Å². The quantitative estimate of drug-likeness (QED) is 0.152. The molecule has 9 aromatic carbocycles. The molecule has 0 N–H and O–H groups in total. The van der Waals surface area contributed by atoms with E-state index in [-0.39, 0.29) is 5.41 Å². The number of para-hydroxylation sites is 1. The average molecular weight is 768 g/mol. The summed E-state index contributed by atoms with van der Waals surface area (Å²) in [6.45, 7) is 7.04. The van der Waals surface area contributed by atoms with Crippen LogP contribution in [0.1, 0.15) is 41.7 Å². The molecule has 0 fully saturated rings. The Morgan fingerprint density at radius 3 is 1.80 bits per heavy atom. The second-order valence-corrected chi connectivity index (χ2v) is 17.0. The minimum Gasteiger partial charge on any atom is -0.309 e. The van der Waals surface area contributed by atoms with Crippen LogP contribution in [0.25, 0.3) is 83.1 Å². The van der Waals surface area contributed by atoms with Gasteiger partial charge in [-0.15, -0.1) is 0 Å². The fraction of sp³-hybridized carbons (Fsp3) is 0.0847. The smallest absolute Gasteiger partial charge is 0.0541 e. The molecule has 1 heterocycles. The molecule has 1 heteroatoms. The highest BCUT2D eigenvalue weighted by Crippen LogP contribution is 2.51. The van der Waals surface area contributed by atoms with E-state index in [9.17, 15) is 0 Å². The number of nitrogens with zero attached hydrogens (tertiary/aromatic N) is 1. The minimum absolute atomic E-state index is 0.0839. The van der Waals surface area contributed by atoms with Crippen LogP contribution in [-0.2, 0) is 11.8 Å². The fourth-order valence-corrected chi connectivity index (χ4v) is 9.88. The first-order valence-electron chi connectivity index (χ1n) is 21.1. The van der Waals surface area contributed by atoms with Gasteiger partial charge in [-0.1, -0.05) is 178 Å². The molecule has 0 saturated heterocycles. The van der Waals surface area contributed by atoms with Crippen molar-refractivity contribution in [2.24, 2.45) is 0 Å². The van der Waals surface area contributed by atoms with Crippen LogP contribution in [0.5, 0.6) is 0 Å². The maximum Gasteiger partial charge on any atom is 0.0541 e. The van der Waals surface area contributed by atoms with Gasteiger partial charge in [-0.3, -0.25) is 0 Å². The Bertz CT molecular complexity index is 3250. The second-order valence-electron chi connectivity index (χ2n) is 17.0. The molecule has 1 aliphatic rings. The highest BCUT2D eigenvalue weighted by Gasteiger charge is 2.36. The summed E-state index contributed by atoms with van der Waals surface area (Å²) in [5, 5.41) is 2.51. The number of rotatable bonds is 7. The molecule has 11 rings (SSSR count). The van der Waals surface area contributed by atoms with Crippen molar-refractivity contribution in [3.05, 3.63) is 234 Å². The Morgan fingerprint density at radius 1 is 0.383 bits per heavy atom. The average Bonchev–Trinajstić information content (AvgIpc) is 3.74. The van der Waals surface area contributed by atoms with Crippen molar-refractivity contribution in [3.63, 3.8) is 0 Å². The fourth-order valence-electron chi connectivity index (χ4n) is 9.88. The van der Waals surface area contributed by atoms with Gasteiger partial charge in [0.1, 0.15) is 0 Å². The summed E-state index contributed by atoms with van der Waals surface area (Å²) in [5.74, 6) is 0. The van der Waals surface area contributed by atoms with E-state index in [1.54, 1.807) is 0 Å². The lowest BCUT2D eigenvalue weighted by molar-refractivity contribution is 0.659. The standard InChI is InChI=1S/C59H45N/c1-39-28-29-45(46-30-31-58-54(36-46)50-25-11-13-27-57(50)60(58)48-23-15-22-44(34-48)42-19-8-5-9-20-42)35-51(39)52-38-53-49-24-10-12-26-55(49)59(2,3)56(53)37-47(52)33-40-16-14-21-43(32-40)41-17-6-4-7-18-41/h4-32,34-38H,33H2,1-3H3. The normalized spacial score (nSPS) is 12.8. The Hall–Kier alpha value is -7.22. The molecule has 0 radical (unpaired) electrons. The first kappa shape index (κ1) is 35.9. The molecule has 0 saturated carbocycles. The van der Waals surface area contributed by atoms with E-state index >= 15 is 0 Å². The zero-order valence-electron chi connectivity index (χ0n) is 34.3. The molecular weight excluding hydrogens is 723 g/mol. The molecule has 1 aromatic heterocycles. The summed E-state index contributed by atoms with van der Waals surface area (Å²) < 4.78 is 2.42. The van der Waals surface area contributed by atoms with Gasteiger partial charge in [0, 0.05) is 21.9 Å². The van der Waals surface area contributed by atoms with Gasteiger partial charge >= 0.3 is 0 Å².